The summed E-state index contributed by atoms with van der Waals surface area (Å²) in [6, 6.07) is 5.59. The number of aromatic hydroxyl groups is 1. The largest absolute Gasteiger partial charge is 0.504 e. The molecule has 1 fully saturated rings. The number of nitrogens with one attached hydrogen (secondary N) is 1. The molecule has 1 aliphatic rings. The summed E-state index contributed by atoms with van der Waals surface area (Å²) in [6.45, 7) is 4.04. The molecule has 0 aromatic heterocycles. The van der Waals surface area contributed by atoms with Gasteiger partial charge in [-0.05, 0) is 38.5 Å². The molecule has 0 saturated carbocycles. The molecular weight excluding hydrogens is 228 g/mol. The zero-order valence-corrected chi connectivity index (χ0v) is 11.1. The van der Waals surface area contributed by atoms with Crippen LogP contribution in [0.1, 0.15) is 12.0 Å². The first-order valence-electron chi connectivity index (χ1n) is 6.45. The van der Waals surface area contributed by atoms with Gasteiger partial charge in [-0.3, -0.25) is 0 Å². The first kappa shape index (κ1) is 13.2. The number of phenols is 1. The molecule has 1 aromatic carbocycles. The van der Waals surface area contributed by atoms with E-state index in [-0.39, 0.29) is 5.75 Å². The van der Waals surface area contributed by atoms with Crippen LogP contribution < -0.4 is 10.1 Å². The van der Waals surface area contributed by atoms with E-state index in [4.69, 9.17) is 4.74 Å². The molecule has 0 bridgehead atoms. The Morgan fingerprint density at radius 2 is 2.33 bits per heavy atom. The Labute approximate surface area is 109 Å². The second kappa shape index (κ2) is 6.07. The predicted octanol–water partition coefficient (Wildman–Crippen LogP) is 1.44. The molecule has 2 N–H and O–H groups in total. The zero-order valence-electron chi connectivity index (χ0n) is 11.1. The molecule has 18 heavy (non-hydrogen) atoms. The molecule has 100 valence electrons. The third kappa shape index (κ3) is 3.15. The van der Waals surface area contributed by atoms with Crippen molar-refractivity contribution in [3.8, 4) is 11.5 Å². The highest BCUT2D eigenvalue weighted by Crippen LogP contribution is 2.29. The Bertz CT molecular complexity index is 395. The standard InChI is InChI=1S/C14H22N2O2/c1-16-7-6-11(10-16)8-15-9-12-4-3-5-13(18-2)14(12)17/h3-5,11,15,17H,6-10H2,1-2H3. The molecular formula is C14H22N2O2. The van der Waals surface area contributed by atoms with Gasteiger partial charge in [0, 0.05) is 18.7 Å². The molecule has 0 radical (unpaired) electrons. The topological polar surface area (TPSA) is 44.7 Å². The maximum absolute atomic E-state index is 9.95. The molecule has 0 aliphatic carbocycles. The number of nitrogens with zero attached hydrogens (tertiary/aromatic N) is 1. The highest BCUT2D eigenvalue weighted by atomic mass is 16.5. The molecule has 4 heteroatoms. The fraction of sp³-hybridized carbons (Fsp3) is 0.571. The molecule has 1 saturated heterocycles. The summed E-state index contributed by atoms with van der Waals surface area (Å²) >= 11 is 0. The number of hydrogen-bond acceptors (Lipinski definition) is 4. The van der Waals surface area contributed by atoms with Crippen LogP contribution in [-0.4, -0.2) is 43.8 Å². The minimum Gasteiger partial charge on any atom is -0.504 e. The van der Waals surface area contributed by atoms with Gasteiger partial charge in [-0.2, -0.15) is 0 Å². The van der Waals surface area contributed by atoms with Crippen LogP contribution >= 0.6 is 0 Å². The normalized spacial score (nSPS) is 20.2. The lowest BCUT2D eigenvalue weighted by Gasteiger charge is -2.13. The number of methoxy groups -OCH3 is 1. The second-order valence-electron chi connectivity index (χ2n) is 5.02. The van der Waals surface area contributed by atoms with E-state index >= 15 is 0 Å². The third-order valence-electron chi connectivity index (χ3n) is 3.54. The number of para-hydroxylation sites is 1. The maximum Gasteiger partial charge on any atom is 0.162 e. The van der Waals surface area contributed by atoms with Crippen molar-refractivity contribution in [2.75, 3.05) is 33.8 Å². The van der Waals surface area contributed by atoms with Gasteiger partial charge in [0.1, 0.15) is 0 Å². The fourth-order valence-corrected chi connectivity index (χ4v) is 2.48. The summed E-state index contributed by atoms with van der Waals surface area (Å²) in [7, 11) is 3.73. The van der Waals surface area contributed by atoms with E-state index in [1.165, 1.54) is 13.0 Å². The van der Waals surface area contributed by atoms with E-state index < -0.39 is 0 Å². The van der Waals surface area contributed by atoms with Crippen molar-refractivity contribution < 1.29 is 9.84 Å². The van der Waals surface area contributed by atoms with Crippen molar-refractivity contribution in [1.82, 2.24) is 10.2 Å². The molecule has 1 unspecified atom stereocenters. The van der Waals surface area contributed by atoms with Gasteiger partial charge < -0.3 is 20.1 Å². The van der Waals surface area contributed by atoms with Gasteiger partial charge in [0.2, 0.25) is 0 Å². The SMILES string of the molecule is COc1cccc(CNCC2CCN(C)C2)c1O. The van der Waals surface area contributed by atoms with Crippen LogP contribution in [0.2, 0.25) is 0 Å². The van der Waals surface area contributed by atoms with Crippen molar-refractivity contribution >= 4 is 0 Å². The van der Waals surface area contributed by atoms with E-state index in [2.05, 4.69) is 17.3 Å². The van der Waals surface area contributed by atoms with Crippen molar-refractivity contribution in [1.29, 1.82) is 0 Å². The maximum atomic E-state index is 9.95. The third-order valence-corrected chi connectivity index (χ3v) is 3.54. The minimum absolute atomic E-state index is 0.246. The first-order valence-corrected chi connectivity index (χ1v) is 6.45. The van der Waals surface area contributed by atoms with E-state index in [1.54, 1.807) is 13.2 Å². The lowest BCUT2D eigenvalue weighted by Crippen LogP contribution is -2.24. The Balaban J connectivity index is 1.83. The number of benzene rings is 1. The van der Waals surface area contributed by atoms with Crippen molar-refractivity contribution in [3.05, 3.63) is 23.8 Å². The zero-order chi connectivity index (χ0) is 13.0. The number of rotatable bonds is 5. The summed E-state index contributed by atoms with van der Waals surface area (Å²) in [5.41, 5.74) is 0.890. The average Bonchev–Trinajstić information content (AvgIpc) is 2.77. The monoisotopic (exact) mass is 250 g/mol. The van der Waals surface area contributed by atoms with Gasteiger partial charge in [0.05, 0.1) is 7.11 Å². The van der Waals surface area contributed by atoms with E-state index in [0.717, 1.165) is 24.6 Å². The summed E-state index contributed by atoms with van der Waals surface area (Å²) in [5, 5.41) is 13.4. The molecule has 0 amide bonds. The number of likely N-dealkylation sites (tertiary alicyclic amines) is 1. The fourth-order valence-electron chi connectivity index (χ4n) is 2.48. The van der Waals surface area contributed by atoms with E-state index in [9.17, 15) is 5.11 Å². The summed E-state index contributed by atoms with van der Waals surface area (Å²) in [5.74, 6) is 1.51. The summed E-state index contributed by atoms with van der Waals surface area (Å²) in [6.07, 6.45) is 1.26. The quantitative estimate of drug-likeness (QED) is 0.830. The molecule has 1 aliphatic heterocycles. The van der Waals surface area contributed by atoms with Gasteiger partial charge in [-0.1, -0.05) is 12.1 Å². The van der Waals surface area contributed by atoms with Crippen LogP contribution in [0.5, 0.6) is 11.5 Å². The smallest absolute Gasteiger partial charge is 0.162 e. The van der Waals surface area contributed by atoms with Gasteiger partial charge in [0.15, 0.2) is 11.5 Å². The van der Waals surface area contributed by atoms with E-state index in [1.807, 2.05) is 12.1 Å². The second-order valence-corrected chi connectivity index (χ2v) is 5.02. The molecule has 1 aromatic rings. The van der Waals surface area contributed by atoms with Gasteiger partial charge in [-0.15, -0.1) is 0 Å². The average molecular weight is 250 g/mol. The summed E-state index contributed by atoms with van der Waals surface area (Å²) in [4.78, 5) is 2.36. The molecule has 1 atom stereocenters. The summed E-state index contributed by atoms with van der Waals surface area (Å²) < 4.78 is 5.10. The Morgan fingerprint density at radius 1 is 1.50 bits per heavy atom. The van der Waals surface area contributed by atoms with Gasteiger partial charge in [-0.25, -0.2) is 0 Å². The molecule has 1 heterocycles. The number of ether oxygens (including phenoxy) is 1. The Hall–Kier alpha value is -1.26. The highest BCUT2D eigenvalue weighted by molar-refractivity contribution is 5.45. The Kier molecular flexibility index (Phi) is 4.44. The van der Waals surface area contributed by atoms with E-state index in [0.29, 0.717) is 12.3 Å². The van der Waals surface area contributed by atoms with Crippen LogP contribution in [0, 0.1) is 5.92 Å². The first-order chi connectivity index (χ1) is 8.70. The van der Waals surface area contributed by atoms with Crippen LogP contribution in [-0.2, 0) is 6.54 Å². The lowest BCUT2D eigenvalue weighted by molar-refractivity contribution is 0.367. The lowest BCUT2D eigenvalue weighted by atomic mass is 10.1. The van der Waals surface area contributed by atoms with Crippen LogP contribution in [0.25, 0.3) is 0 Å². The van der Waals surface area contributed by atoms with Crippen molar-refractivity contribution in [3.63, 3.8) is 0 Å². The minimum atomic E-state index is 0.246. The highest BCUT2D eigenvalue weighted by Gasteiger charge is 2.18. The van der Waals surface area contributed by atoms with Gasteiger partial charge >= 0.3 is 0 Å². The molecule has 0 spiro atoms. The van der Waals surface area contributed by atoms with Gasteiger partial charge in [0.25, 0.3) is 0 Å². The Morgan fingerprint density at radius 3 is 3.00 bits per heavy atom. The predicted molar refractivity (Wildman–Crippen MR) is 72.0 cm³/mol. The van der Waals surface area contributed by atoms with Crippen LogP contribution in [0.15, 0.2) is 18.2 Å². The van der Waals surface area contributed by atoms with Crippen molar-refractivity contribution in [2.24, 2.45) is 5.92 Å². The molecule has 2 rings (SSSR count). The van der Waals surface area contributed by atoms with Crippen LogP contribution in [0.3, 0.4) is 0 Å². The number of hydrogen-bond donors (Lipinski definition) is 2. The van der Waals surface area contributed by atoms with Crippen LogP contribution in [0.4, 0.5) is 0 Å². The van der Waals surface area contributed by atoms with Crippen molar-refractivity contribution in [2.45, 2.75) is 13.0 Å². The number of phenolic OH excluding ortho intramolecular Hbond substituents is 1. The molecule has 4 nitrogen and oxygen atoms in total.